The Morgan fingerprint density at radius 2 is 2.21 bits per heavy atom. The van der Waals surface area contributed by atoms with Crippen molar-refractivity contribution < 1.29 is 5.21 Å². The lowest BCUT2D eigenvalue weighted by atomic mass is 10.1. The van der Waals surface area contributed by atoms with E-state index in [-0.39, 0.29) is 5.84 Å². The largest absolute Gasteiger partial charge is 0.409 e. The molecule has 0 rings (SSSR count). The number of likely N-dealkylation sites (N-methyl/N-ethyl adjacent to an activating group) is 1. The first-order valence-electron chi connectivity index (χ1n) is 4.94. The van der Waals surface area contributed by atoms with Crippen molar-refractivity contribution in [2.24, 2.45) is 10.9 Å². The smallest absolute Gasteiger partial charge is 0.140 e. The second-order valence-electron chi connectivity index (χ2n) is 3.66. The molecular weight excluding hydrogens is 180 g/mol. The van der Waals surface area contributed by atoms with Crippen molar-refractivity contribution in [2.75, 3.05) is 27.2 Å². The van der Waals surface area contributed by atoms with Crippen LogP contribution in [0.15, 0.2) is 5.16 Å². The van der Waals surface area contributed by atoms with Crippen LogP contribution in [0.1, 0.15) is 19.8 Å². The summed E-state index contributed by atoms with van der Waals surface area (Å²) in [5.74, 6) is 0.286. The van der Waals surface area contributed by atoms with E-state index < -0.39 is 0 Å². The Morgan fingerprint density at radius 1 is 1.57 bits per heavy atom. The number of oxime groups is 1. The number of nitrogens with two attached hydrogens (primary N) is 1. The first-order chi connectivity index (χ1) is 6.60. The van der Waals surface area contributed by atoms with Crippen LogP contribution in [-0.2, 0) is 0 Å². The fourth-order valence-electron chi connectivity index (χ4n) is 1.15. The number of nitrogens with zero attached hydrogens (tertiary/aromatic N) is 2. The maximum absolute atomic E-state index is 8.42. The Bertz CT molecular complexity index is 170. The second kappa shape index (κ2) is 7.58. The van der Waals surface area contributed by atoms with Gasteiger partial charge in [0.25, 0.3) is 0 Å². The van der Waals surface area contributed by atoms with Crippen LogP contribution < -0.4 is 11.1 Å². The van der Waals surface area contributed by atoms with Crippen LogP contribution in [0.25, 0.3) is 0 Å². The number of nitrogens with one attached hydrogen (secondary N) is 1. The minimum Gasteiger partial charge on any atom is -0.409 e. The molecule has 0 aromatic heterocycles. The van der Waals surface area contributed by atoms with Gasteiger partial charge in [-0.15, -0.1) is 0 Å². The minimum absolute atomic E-state index is 0.286. The van der Waals surface area contributed by atoms with Gasteiger partial charge >= 0.3 is 0 Å². The van der Waals surface area contributed by atoms with Crippen LogP contribution in [-0.4, -0.2) is 49.2 Å². The Hall–Kier alpha value is -0.810. The number of rotatable bonds is 7. The minimum atomic E-state index is 0.286. The van der Waals surface area contributed by atoms with Gasteiger partial charge in [0.15, 0.2) is 0 Å². The Kier molecular flexibility index (Phi) is 7.14. The molecule has 0 amide bonds. The van der Waals surface area contributed by atoms with Crippen molar-refractivity contribution in [3.8, 4) is 0 Å². The van der Waals surface area contributed by atoms with E-state index in [1.807, 2.05) is 14.1 Å². The van der Waals surface area contributed by atoms with Gasteiger partial charge in [-0.05, 0) is 20.5 Å². The van der Waals surface area contributed by atoms with E-state index in [1.54, 1.807) is 0 Å². The molecule has 4 N–H and O–H groups in total. The van der Waals surface area contributed by atoms with Crippen LogP contribution in [0.2, 0.25) is 0 Å². The summed E-state index contributed by atoms with van der Waals surface area (Å²) in [6.07, 6.45) is 1.57. The maximum Gasteiger partial charge on any atom is 0.140 e. The molecular formula is C9H22N4O. The molecule has 0 heterocycles. The van der Waals surface area contributed by atoms with E-state index in [1.165, 1.54) is 0 Å². The lowest BCUT2D eigenvalue weighted by molar-refractivity contribution is 0.315. The van der Waals surface area contributed by atoms with Crippen molar-refractivity contribution in [1.29, 1.82) is 0 Å². The molecule has 84 valence electrons. The molecule has 0 fully saturated rings. The van der Waals surface area contributed by atoms with Crippen LogP contribution in [0.4, 0.5) is 0 Å². The standard InChI is InChI=1S/C9H22N4O/c1-4-8(7-9(10)12-14)11-5-6-13(2)3/h8,11,14H,4-7H2,1-3H3,(H2,10,12). The Balaban J connectivity index is 3.69. The molecule has 0 spiro atoms. The highest BCUT2D eigenvalue weighted by Crippen LogP contribution is 1.96. The zero-order valence-corrected chi connectivity index (χ0v) is 9.32. The molecule has 0 radical (unpaired) electrons. The zero-order chi connectivity index (χ0) is 11.0. The van der Waals surface area contributed by atoms with Crippen molar-refractivity contribution >= 4 is 5.84 Å². The van der Waals surface area contributed by atoms with E-state index in [4.69, 9.17) is 10.9 Å². The molecule has 1 atom stereocenters. The van der Waals surface area contributed by atoms with Gasteiger partial charge in [0.05, 0.1) is 0 Å². The fourth-order valence-corrected chi connectivity index (χ4v) is 1.15. The van der Waals surface area contributed by atoms with E-state index in [9.17, 15) is 0 Å². The molecule has 0 aliphatic carbocycles. The van der Waals surface area contributed by atoms with E-state index >= 15 is 0 Å². The van der Waals surface area contributed by atoms with Crippen LogP contribution in [0, 0.1) is 0 Å². The molecule has 0 bridgehead atoms. The summed E-state index contributed by atoms with van der Waals surface area (Å²) in [5.41, 5.74) is 5.43. The summed E-state index contributed by atoms with van der Waals surface area (Å²) >= 11 is 0. The van der Waals surface area contributed by atoms with Crippen molar-refractivity contribution in [1.82, 2.24) is 10.2 Å². The first-order valence-corrected chi connectivity index (χ1v) is 4.94. The molecule has 0 aromatic carbocycles. The quantitative estimate of drug-likeness (QED) is 0.236. The molecule has 1 unspecified atom stereocenters. The van der Waals surface area contributed by atoms with Crippen LogP contribution >= 0.6 is 0 Å². The summed E-state index contributed by atoms with van der Waals surface area (Å²) in [7, 11) is 4.07. The third-order valence-corrected chi connectivity index (χ3v) is 2.07. The number of amidine groups is 1. The molecule has 5 heteroatoms. The average molecular weight is 202 g/mol. The summed E-state index contributed by atoms with van der Waals surface area (Å²) in [6.45, 7) is 3.99. The van der Waals surface area contributed by atoms with Crippen LogP contribution in [0.3, 0.4) is 0 Å². The third-order valence-electron chi connectivity index (χ3n) is 2.07. The lowest BCUT2D eigenvalue weighted by Gasteiger charge is -2.17. The highest BCUT2D eigenvalue weighted by molar-refractivity contribution is 5.80. The van der Waals surface area contributed by atoms with Gasteiger partial charge in [-0.2, -0.15) is 0 Å². The molecule has 14 heavy (non-hydrogen) atoms. The highest BCUT2D eigenvalue weighted by Gasteiger charge is 2.07. The molecule has 0 saturated heterocycles. The average Bonchev–Trinajstić information content (AvgIpc) is 2.15. The lowest BCUT2D eigenvalue weighted by Crippen LogP contribution is -2.37. The van der Waals surface area contributed by atoms with Gasteiger partial charge in [0.1, 0.15) is 5.84 Å². The summed E-state index contributed by atoms with van der Waals surface area (Å²) in [5, 5.41) is 14.7. The molecule has 0 aromatic rings. The molecule has 0 aliphatic rings. The fraction of sp³-hybridized carbons (Fsp3) is 0.889. The maximum atomic E-state index is 8.42. The summed E-state index contributed by atoms with van der Waals surface area (Å²) < 4.78 is 0. The van der Waals surface area contributed by atoms with Crippen molar-refractivity contribution in [2.45, 2.75) is 25.8 Å². The third kappa shape index (κ3) is 6.68. The van der Waals surface area contributed by atoms with Gasteiger partial charge in [-0.25, -0.2) is 0 Å². The van der Waals surface area contributed by atoms with Gasteiger partial charge in [-0.3, -0.25) is 0 Å². The summed E-state index contributed by atoms with van der Waals surface area (Å²) in [4.78, 5) is 2.11. The van der Waals surface area contributed by atoms with E-state index in [2.05, 4.69) is 22.3 Å². The summed E-state index contributed by atoms with van der Waals surface area (Å²) in [6, 6.07) is 0.297. The highest BCUT2D eigenvalue weighted by atomic mass is 16.4. The van der Waals surface area contributed by atoms with Gasteiger partial charge < -0.3 is 21.2 Å². The second-order valence-corrected chi connectivity index (χ2v) is 3.66. The first kappa shape index (κ1) is 13.2. The molecule has 0 aliphatic heterocycles. The van der Waals surface area contributed by atoms with Crippen molar-refractivity contribution in [3.63, 3.8) is 0 Å². The van der Waals surface area contributed by atoms with Gasteiger partial charge in [-0.1, -0.05) is 12.1 Å². The van der Waals surface area contributed by atoms with Crippen molar-refractivity contribution in [3.05, 3.63) is 0 Å². The Labute approximate surface area is 86.0 Å². The Morgan fingerprint density at radius 3 is 2.64 bits per heavy atom. The normalized spacial score (nSPS) is 14.7. The molecule has 0 saturated carbocycles. The molecule has 5 nitrogen and oxygen atoms in total. The SMILES string of the molecule is CCC(CC(N)=NO)NCCN(C)C. The van der Waals surface area contributed by atoms with Crippen LogP contribution in [0.5, 0.6) is 0 Å². The topological polar surface area (TPSA) is 73.9 Å². The zero-order valence-electron chi connectivity index (χ0n) is 9.32. The number of hydrogen-bond acceptors (Lipinski definition) is 4. The van der Waals surface area contributed by atoms with Gasteiger partial charge in [0.2, 0.25) is 0 Å². The predicted octanol–water partition coefficient (Wildman–Crippen LogP) is 0.0527. The van der Waals surface area contributed by atoms with Gasteiger partial charge in [0, 0.05) is 25.6 Å². The number of hydrogen-bond donors (Lipinski definition) is 3. The monoisotopic (exact) mass is 202 g/mol. The van der Waals surface area contributed by atoms with E-state index in [0.717, 1.165) is 19.5 Å². The predicted molar refractivity (Wildman–Crippen MR) is 58.7 cm³/mol. The van der Waals surface area contributed by atoms with E-state index in [0.29, 0.717) is 12.5 Å².